The second-order valence-electron chi connectivity index (χ2n) is 18.1. The van der Waals surface area contributed by atoms with E-state index in [1.165, 1.54) is 0 Å². The van der Waals surface area contributed by atoms with Gasteiger partial charge in [0.1, 0.15) is 35.0 Å². The molecule has 0 aromatic heterocycles. The monoisotopic (exact) mass is 697 g/mol. The van der Waals surface area contributed by atoms with Gasteiger partial charge in [-0.1, -0.05) is 0 Å². The van der Waals surface area contributed by atoms with E-state index in [1.807, 2.05) is 55.4 Å². The van der Waals surface area contributed by atoms with Gasteiger partial charge in [0, 0.05) is 71.8 Å². The van der Waals surface area contributed by atoms with Crippen molar-refractivity contribution in [2.45, 2.75) is 173 Å². The Balaban J connectivity index is 1.76. The summed E-state index contributed by atoms with van der Waals surface area (Å²) in [6, 6.07) is 0. The predicted octanol–water partition coefficient (Wildman–Crippen LogP) is 6.60. The summed E-state index contributed by atoms with van der Waals surface area (Å²) in [5.74, 6) is -10.0. The third kappa shape index (κ3) is 8.60. The SMILES string of the molecule is CC1(C)CC(OC(=O)c2c(F)c(C(=O)OC3CC(C)(C)NC(C)(C)C3)c(F)c(C(=O)OC3CC(C)(C)N(O)C(C)(C)C3)c2F)CC(C)(C)N1. The van der Waals surface area contributed by atoms with E-state index < -0.39 is 104 Å². The molecule has 3 fully saturated rings. The van der Waals surface area contributed by atoms with E-state index in [4.69, 9.17) is 14.2 Å². The molecule has 0 bridgehead atoms. The summed E-state index contributed by atoms with van der Waals surface area (Å²) in [5, 5.41) is 18.6. The van der Waals surface area contributed by atoms with E-state index >= 15 is 13.2 Å². The third-order valence-corrected chi connectivity index (χ3v) is 9.66. The minimum atomic E-state index is -1.84. The maximum absolute atomic E-state index is 16.3. The molecule has 3 heterocycles. The van der Waals surface area contributed by atoms with Crippen molar-refractivity contribution in [2.24, 2.45) is 0 Å². The Morgan fingerprint density at radius 1 is 0.531 bits per heavy atom. The predicted molar refractivity (Wildman–Crippen MR) is 176 cm³/mol. The summed E-state index contributed by atoms with van der Waals surface area (Å²) in [6.45, 7) is 22.0. The topological polar surface area (TPSA) is 126 Å². The molecule has 0 radical (unpaired) electrons. The zero-order valence-electron chi connectivity index (χ0n) is 31.0. The van der Waals surface area contributed by atoms with Gasteiger partial charge >= 0.3 is 17.9 Å². The average Bonchev–Trinajstić information content (AvgIpc) is 2.82. The number of carbonyl (C=O) groups excluding carboxylic acids is 3. The van der Waals surface area contributed by atoms with E-state index in [9.17, 15) is 19.6 Å². The van der Waals surface area contributed by atoms with Gasteiger partial charge in [-0.25, -0.2) is 27.6 Å². The van der Waals surface area contributed by atoms with Crippen LogP contribution in [-0.4, -0.2) is 79.7 Å². The molecule has 1 aromatic rings. The highest BCUT2D eigenvalue weighted by atomic mass is 19.1. The van der Waals surface area contributed by atoms with Gasteiger partial charge in [0.05, 0.1) is 0 Å². The maximum atomic E-state index is 16.3. The summed E-state index contributed by atoms with van der Waals surface area (Å²) in [7, 11) is 0. The number of halogens is 3. The fraction of sp³-hybridized carbons (Fsp3) is 0.750. The second-order valence-corrected chi connectivity index (χ2v) is 18.1. The number of hydroxylamine groups is 2. The van der Waals surface area contributed by atoms with E-state index in [0.29, 0.717) is 25.7 Å². The molecule has 10 nitrogen and oxygen atoms in total. The molecule has 0 unspecified atom stereocenters. The first kappa shape index (κ1) is 39.1. The summed E-state index contributed by atoms with van der Waals surface area (Å²) < 4.78 is 65.6. The van der Waals surface area contributed by atoms with Gasteiger partial charge in [-0.2, -0.15) is 5.06 Å². The van der Waals surface area contributed by atoms with Gasteiger partial charge in [0.2, 0.25) is 0 Å². The van der Waals surface area contributed by atoms with Crippen molar-refractivity contribution >= 4 is 17.9 Å². The lowest BCUT2D eigenvalue weighted by Gasteiger charge is -2.50. The molecular weight excluding hydrogens is 643 g/mol. The molecule has 0 spiro atoms. The Bertz CT molecular complexity index is 1380. The van der Waals surface area contributed by atoms with E-state index in [-0.39, 0.29) is 12.8 Å². The molecule has 3 aliphatic heterocycles. The fourth-order valence-corrected chi connectivity index (χ4v) is 8.72. The summed E-state index contributed by atoms with van der Waals surface area (Å²) in [6.07, 6.45) is -1.13. The number of piperidine rings is 3. The van der Waals surface area contributed by atoms with Gasteiger partial charge < -0.3 is 30.1 Å². The lowest BCUT2D eigenvalue weighted by Crippen LogP contribution is -2.60. The number of hydrogen-bond donors (Lipinski definition) is 3. The smallest absolute Gasteiger partial charge is 0.344 e. The molecule has 13 heteroatoms. The van der Waals surface area contributed by atoms with Crippen molar-refractivity contribution in [3.8, 4) is 0 Å². The summed E-state index contributed by atoms with van der Waals surface area (Å²) >= 11 is 0. The van der Waals surface area contributed by atoms with Crippen LogP contribution < -0.4 is 10.6 Å². The molecule has 0 aliphatic carbocycles. The molecule has 0 saturated carbocycles. The zero-order chi connectivity index (χ0) is 37.3. The Morgan fingerprint density at radius 2 is 0.755 bits per heavy atom. The van der Waals surface area contributed by atoms with E-state index in [2.05, 4.69) is 10.6 Å². The van der Waals surface area contributed by atoms with Gasteiger partial charge in [0.15, 0.2) is 17.5 Å². The molecule has 4 rings (SSSR count). The van der Waals surface area contributed by atoms with Gasteiger partial charge in [-0.15, -0.1) is 0 Å². The molecule has 49 heavy (non-hydrogen) atoms. The van der Waals surface area contributed by atoms with Crippen LogP contribution in [0.25, 0.3) is 0 Å². The summed E-state index contributed by atoms with van der Waals surface area (Å²) in [5.41, 5.74) is -7.95. The zero-order valence-corrected chi connectivity index (χ0v) is 31.0. The molecule has 3 saturated heterocycles. The average molecular weight is 698 g/mol. The molecular formula is C36H54F3N3O7. The van der Waals surface area contributed by atoms with Crippen LogP contribution in [0.3, 0.4) is 0 Å². The van der Waals surface area contributed by atoms with Crippen molar-refractivity contribution < 1.29 is 47.0 Å². The number of rotatable bonds is 6. The maximum Gasteiger partial charge on any atom is 0.344 e. The standard InChI is InChI=1S/C36H54F3N3O7/c1-31(2)13-19(14-32(3,4)40-31)47-28(43)22-25(37)23(29(44)48-20-15-33(5,6)41-34(7,8)16-20)27(39)24(26(22)38)30(45)49-21-17-35(9,10)42(46)36(11,12)18-21/h19-21,40-41,46H,13-18H2,1-12H3. The van der Waals surface area contributed by atoms with Crippen LogP contribution in [0, 0.1) is 17.5 Å². The van der Waals surface area contributed by atoms with Crippen LogP contribution >= 0.6 is 0 Å². The number of benzene rings is 1. The number of hydrogen-bond acceptors (Lipinski definition) is 10. The first-order valence-corrected chi connectivity index (χ1v) is 17.0. The molecule has 276 valence electrons. The normalized spacial score (nSPS) is 25.0. The lowest BCUT2D eigenvalue weighted by molar-refractivity contribution is -0.256. The van der Waals surface area contributed by atoms with Gasteiger partial charge in [0.25, 0.3) is 0 Å². The van der Waals surface area contributed by atoms with Crippen molar-refractivity contribution in [1.29, 1.82) is 0 Å². The quantitative estimate of drug-likeness (QED) is 0.221. The molecule has 1 aromatic carbocycles. The van der Waals surface area contributed by atoms with E-state index in [1.54, 1.807) is 27.7 Å². The number of esters is 3. The van der Waals surface area contributed by atoms with Crippen LogP contribution in [0.1, 0.15) is 153 Å². The van der Waals surface area contributed by atoms with Crippen LogP contribution in [0.5, 0.6) is 0 Å². The first-order valence-electron chi connectivity index (χ1n) is 17.0. The molecule has 3 N–H and O–H groups in total. The largest absolute Gasteiger partial charge is 0.458 e. The lowest BCUT2D eigenvalue weighted by atomic mass is 9.80. The van der Waals surface area contributed by atoms with Crippen molar-refractivity contribution in [1.82, 2.24) is 15.7 Å². The highest BCUT2D eigenvalue weighted by Crippen LogP contribution is 2.39. The van der Waals surface area contributed by atoms with Gasteiger partial charge in [-0.3, -0.25) is 0 Å². The molecule has 0 atom stereocenters. The van der Waals surface area contributed by atoms with Crippen LogP contribution in [0.4, 0.5) is 13.2 Å². The van der Waals surface area contributed by atoms with Gasteiger partial charge in [-0.05, 0) is 83.1 Å². The minimum absolute atomic E-state index is 0.0927. The Morgan fingerprint density at radius 3 is 1.00 bits per heavy atom. The Labute approximate surface area is 287 Å². The van der Waals surface area contributed by atoms with Crippen LogP contribution in [0.2, 0.25) is 0 Å². The summed E-state index contributed by atoms with van der Waals surface area (Å²) in [4.78, 5) is 40.8. The first-order chi connectivity index (χ1) is 22.1. The number of nitrogens with zero attached hydrogens (tertiary/aromatic N) is 1. The third-order valence-electron chi connectivity index (χ3n) is 9.66. The number of ether oxygens (including phenoxy) is 3. The highest BCUT2D eigenvalue weighted by Gasteiger charge is 2.48. The number of carbonyl (C=O) groups is 3. The minimum Gasteiger partial charge on any atom is -0.458 e. The van der Waals surface area contributed by atoms with Crippen molar-refractivity contribution in [2.75, 3.05) is 0 Å². The Kier molecular flexibility index (Phi) is 10.2. The van der Waals surface area contributed by atoms with Crippen molar-refractivity contribution in [3.63, 3.8) is 0 Å². The van der Waals surface area contributed by atoms with E-state index in [0.717, 1.165) is 5.06 Å². The Hall–Kier alpha value is -2.74. The van der Waals surface area contributed by atoms with Crippen LogP contribution in [0.15, 0.2) is 0 Å². The fourth-order valence-electron chi connectivity index (χ4n) is 8.72. The highest BCUT2D eigenvalue weighted by molar-refractivity contribution is 6.02. The second kappa shape index (κ2) is 12.8. The van der Waals surface area contributed by atoms with Crippen molar-refractivity contribution in [3.05, 3.63) is 34.1 Å². The van der Waals surface area contributed by atoms with Crippen LogP contribution in [-0.2, 0) is 14.2 Å². The molecule has 0 amide bonds. The molecule has 3 aliphatic rings. The number of nitrogens with one attached hydrogen (secondary N) is 2.